The van der Waals surface area contributed by atoms with Gasteiger partial charge in [0.1, 0.15) is 4.83 Å². The van der Waals surface area contributed by atoms with Gasteiger partial charge in [-0.05, 0) is 49.9 Å². The maximum absolute atomic E-state index is 13.6. The maximum Gasteiger partial charge on any atom is 0.263 e. The second-order valence-corrected chi connectivity index (χ2v) is 9.53. The Morgan fingerprint density at radius 3 is 2.77 bits per heavy atom. The number of thiocarbonyl (C=S) groups is 1. The number of hydrogen-bond acceptors (Lipinski definition) is 5. The summed E-state index contributed by atoms with van der Waals surface area (Å²) in [7, 11) is 0. The molecule has 0 bridgehead atoms. The van der Waals surface area contributed by atoms with Gasteiger partial charge < -0.3 is 15.1 Å². The SMILES string of the molecule is C=CCNC(=S)N1CCN(c2nc3sc4c(c3c(=O)n2CCCC)CCCC4)CC1. The topological polar surface area (TPSA) is 53.4 Å². The number of unbranched alkanes of at least 4 members (excludes halogenated alkanes) is 1. The summed E-state index contributed by atoms with van der Waals surface area (Å²) >= 11 is 7.23. The van der Waals surface area contributed by atoms with E-state index < -0.39 is 0 Å². The lowest BCUT2D eigenvalue weighted by atomic mass is 9.97. The minimum absolute atomic E-state index is 0.161. The molecule has 0 amide bonds. The average Bonchev–Trinajstić information content (AvgIpc) is 3.15. The van der Waals surface area contributed by atoms with Gasteiger partial charge in [0.25, 0.3) is 5.56 Å². The van der Waals surface area contributed by atoms with Gasteiger partial charge in [0.05, 0.1) is 5.39 Å². The summed E-state index contributed by atoms with van der Waals surface area (Å²) in [6.07, 6.45) is 8.37. The average molecular weight is 446 g/mol. The molecule has 2 aromatic heterocycles. The van der Waals surface area contributed by atoms with Crippen LogP contribution in [-0.4, -0.2) is 52.3 Å². The van der Waals surface area contributed by atoms with Gasteiger partial charge in [-0.1, -0.05) is 19.4 Å². The van der Waals surface area contributed by atoms with Crippen LogP contribution in [0.25, 0.3) is 10.2 Å². The molecule has 6 nitrogen and oxygen atoms in total. The molecule has 0 aromatic carbocycles. The fourth-order valence-electron chi connectivity index (χ4n) is 4.37. The fraction of sp³-hybridized carbons (Fsp3) is 0.591. The van der Waals surface area contributed by atoms with E-state index in [9.17, 15) is 4.79 Å². The van der Waals surface area contributed by atoms with E-state index in [0.29, 0.717) is 6.54 Å². The summed E-state index contributed by atoms with van der Waals surface area (Å²) < 4.78 is 1.94. The van der Waals surface area contributed by atoms with Crippen LogP contribution in [0.4, 0.5) is 5.95 Å². The largest absolute Gasteiger partial charge is 0.359 e. The van der Waals surface area contributed by atoms with Crippen molar-refractivity contribution in [2.75, 3.05) is 37.6 Å². The van der Waals surface area contributed by atoms with Gasteiger partial charge in [0.2, 0.25) is 5.95 Å². The molecule has 4 rings (SSSR count). The Labute approximate surface area is 187 Å². The van der Waals surface area contributed by atoms with Crippen LogP contribution in [0.1, 0.15) is 43.0 Å². The second-order valence-electron chi connectivity index (χ2n) is 8.06. The van der Waals surface area contributed by atoms with Gasteiger partial charge >= 0.3 is 0 Å². The third kappa shape index (κ3) is 4.12. The van der Waals surface area contributed by atoms with Crippen LogP contribution in [-0.2, 0) is 19.4 Å². The third-order valence-corrected chi connectivity index (χ3v) is 7.63. The summed E-state index contributed by atoms with van der Waals surface area (Å²) in [5.74, 6) is 0.837. The van der Waals surface area contributed by atoms with Crippen molar-refractivity contribution in [3.05, 3.63) is 33.4 Å². The number of aromatic nitrogens is 2. The molecule has 0 atom stereocenters. The van der Waals surface area contributed by atoms with E-state index in [1.54, 1.807) is 11.3 Å². The molecular weight excluding hydrogens is 414 g/mol. The first kappa shape index (κ1) is 21.3. The highest BCUT2D eigenvalue weighted by molar-refractivity contribution is 7.80. The number of piperazine rings is 1. The number of nitrogens with one attached hydrogen (secondary N) is 1. The number of fused-ring (bicyclic) bond motifs is 3. The predicted octanol–water partition coefficient (Wildman–Crippen LogP) is 3.32. The minimum atomic E-state index is 0.161. The number of thiophene rings is 1. The van der Waals surface area contributed by atoms with E-state index in [-0.39, 0.29) is 5.56 Å². The molecule has 1 fully saturated rings. The van der Waals surface area contributed by atoms with E-state index in [2.05, 4.69) is 28.6 Å². The molecular formula is C22H31N5OS2. The molecule has 2 aliphatic rings. The van der Waals surface area contributed by atoms with Crippen molar-refractivity contribution in [1.82, 2.24) is 19.8 Å². The molecule has 1 aliphatic heterocycles. The van der Waals surface area contributed by atoms with Crippen LogP contribution in [0.15, 0.2) is 17.4 Å². The van der Waals surface area contributed by atoms with E-state index in [0.717, 1.165) is 79.7 Å². The molecule has 1 aliphatic carbocycles. The lowest BCUT2D eigenvalue weighted by Crippen LogP contribution is -2.52. The Balaban J connectivity index is 1.64. The van der Waals surface area contributed by atoms with Crippen LogP contribution < -0.4 is 15.8 Å². The molecule has 2 aromatic rings. The molecule has 0 radical (unpaired) electrons. The Hall–Kier alpha value is -1.93. The zero-order valence-corrected chi connectivity index (χ0v) is 19.4. The summed E-state index contributed by atoms with van der Waals surface area (Å²) in [4.78, 5) is 25.4. The normalized spacial score (nSPS) is 16.6. The van der Waals surface area contributed by atoms with Crippen molar-refractivity contribution in [2.45, 2.75) is 52.0 Å². The molecule has 3 heterocycles. The smallest absolute Gasteiger partial charge is 0.263 e. The lowest BCUT2D eigenvalue weighted by molar-refractivity contribution is 0.375. The maximum atomic E-state index is 13.6. The first-order valence-electron chi connectivity index (χ1n) is 11.1. The molecule has 8 heteroatoms. The summed E-state index contributed by atoms with van der Waals surface area (Å²) in [6.45, 7) is 10.6. The van der Waals surface area contributed by atoms with E-state index >= 15 is 0 Å². The minimum Gasteiger partial charge on any atom is -0.359 e. The van der Waals surface area contributed by atoms with Crippen molar-refractivity contribution < 1.29 is 0 Å². The Morgan fingerprint density at radius 1 is 1.27 bits per heavy atom. The van der Waals surface area contributed by atoms with Gasteiger partial charge in [0, 0.05) is 44.1 Å². The highest BCUT2D eigenvalue weighted by Gasteiger charge is 2.26. The van der Waals surface area contributed by atoms with Crippen LogP contribution >= 0.6 is 23.6 Å². The van der Waals surface area contributed by atoms with Crippen molar-refractivity contribution in [3.8, 4) is 0 Å². The molecule has 1 N–H and O–H groups in total. The van der Waals surface area contributed by atoms with Crippen LogP contribution in [0.2, 0.25) is 0 Å². The first-order chi connectivity index (χ1) is 14.6. The van der Waals surface area contributed by atoms with Gasteiger partial charge in [-0.3, -0.25) is 9.36 Å². The van der Waals surface area contributed by atoms with Crippen molar-refractivity contribution in [2.24, 2.45) is 0 Å². The van der Waals surface area contributed by atoms with Crippen LogP contribution in [0.3, 0.4) is 0 Å². The lowest BCUT2D eigenvalue weighted by Gasteiger charge is -2.37. The number of rotatable bonds is 6. The number of nitrogens with zero attached hydrogens (tertiary/aromatic N) is 4. The quantitative estimate of drug-likeness (QED) is 0.544. The number of hydrogen-bond donors (Lipinski definition) is 1. The van der Waals surface area contributed by atoms with E-state index in [1.165, 1.54) is 23.3 Å². The zero-order chi connectivity index (χ0) is 21.1. The van der Waals surface area contributed by atoms with Gasteiger partial charge in [0.15, 0.2) is 5.11 Å². The number of anilines is 1. The van der Waals surface area contributed by atoms with Crippen LogP contribution in [0.5, 0.6) is 0 Å². The van der Waals surface area contributed by atoms with Gasteiger partial charge in [-0.15, -0.1) is 17.9 Å². The Bertz CT molecular complexity index is 988. The van der Waals surface area contributed by atoms with Crippen LogP contribution in [0, 0.1) is 0 Å². The van der Waals surface area contributed by atoms with E-state index in [4.69, 9.17) is 17.2 Å². The molecule has 0 spiro atoms. The number of aryl methyl sites for hydroxylation is 2. The van der Waals surface area contributed by atoms with Gasteiger partial charge in [-0.2, -0.15) is 0 Å². The summed E-state index contributed by atoms with van der Waals surface area (Å²) in [6, 6.07) is 0. The highest BCUT2D eigenvalue weighted by Crippen LogP contribution is 2.34. The fourth-order valence-corrected chi connectivity index (χ4v) is 5.88. The molecule has 1 saturated heterocycles. The Kier molecular flexibility index (Phi) is 6.73. The van der Waals surface area contributed by atoms with Crippen molar-refractivity contribution >= 4 is 44.8 Å². The summed E-state index contributed by atoms with van der Waals surface area (Å²) in [5, 5.41) is 4.87. The van der Waals surface area contributed by atoms with Crippen molar-refractivity contribution in [3.63, 3.8) is 0 Å². The third-order valence-electron chi connectivity index (χ3n) is 6.04. The van der Waals surface area contributed by atoms with E-state index in [1.807, 2.05) is 10.6 Å². The molecule has 162 valence electrons. The van der Waals surface area contributed by atoms with Crippen molar-refractivity contribution in [1.29, 1.82) is 0 Å². The summed E-state index contributed by atoms with van der Waals surface area (Å²) in [5.41, 5.74) is 1.44. The molecule has 0 saturated carbocycles. The monoisotopic (exact) mass is 445 g/mol. The zero-order valence-electron chi connectivity index (χ0n) is 17.8. The Morgan fingerprint density at radius 2 is 2.03 bits per heavy atom. The predicted molar refractivity (Wildman–Crippen MR) is 130 cm³/mol. The second kappa shape index (κ2) is 9.47. The highest BCUT2D eigenvalue weighted by atomic mass is 32.1. The molecule has 30 heavy (non-hydrogen) atoms. The standard InChI is InChI=1S/C22H31N5OS2/c1-3-5-11-27-20(28)18-16-8-6-7-9-17(16)30-19(18)24-21(27)25-12-14-26(15-13-25)22(29)23-10-4-2/h4H,2-3,5-15H2,1H3,(H,23,29). The molecule has 0 unspecified atom stereocenters. The first-order valence-corrected chi connectivity index (χ1v) is 12.3. The van der Waals surface area contributed by atoms with Gasteiger partial charge in [-0.25, -0.2) is 4.98 Å².